The number of nitrogens with zero attached hydrogens (tertiary/aromatic N) is 2. The molecule has 0 saturated heterocycles. The molecular weight excluding hydrogens is 394 g/mol. The van der Waals surface area contributed by atoms with E-state index in [1.165, 1.54) is 12.1 Å². The molecule has 0 bridgehead atoms. The van der Waals surface area contributed by atoms with Crippen molar-refractivity contribution in [2.24, 2.45) is 5.73 Å². The first kappa shape index (κ1) is 14.9. The molecule has 0 aliphatic rings. The Balaban J connectivity index is 2.30. The van der Waals surface area contributed by atoms with E-state index in [4.69, 9.17) is 10.5 Å². The molecule has 1 aromatic heterocycles. The highest BCUT2D eigenvalue weighted by Crippen LogP contribution is 2.39. The maximum Gasteiger partial charge on any atom is 0.271 e. The molecule has 0 aliphatic carbocycles. The lowest BCUT2D eigenvalue weighted by Gasteiger charge is -2.09. The topological polar surface area (TPSA) is 91.3 Å². The van der Waals surface area contributed by atoms with Crippen LogP contribution in [0.3, 0.4) is 0 Å². The third-order valence-corrected chi connectivity index (χ3v) is 3.61. The smallest absolute Gasteiger partial charge is 0.271 e. The third kappa shape index (κ3) is 3.33. The number of aromatic nitrogens is 1. The molecular formula is C12H9Br2N3O3. The molecule has 104 valence electrons. The van der Waals surface area contributed by atoms with Gasteiger partial charge in [-0.05, 0) is 37.4 Å². The summed E-state index contributed by atoms with van der Waals surface area (Å²) in [6.45, 7) is 0.401. The molecule has 20 heavy (non-hydrogen) atoms. The Morgan fingerprint density at radius 3 is 2.40 bits per heavy atom. The standard InChI is InChI=1S/C12H9Br2N3O3/c13-9-3-8(17(18)19)4-10(14)12(9)20-11-2-1-7(5-15)6-16-11/h1-4,6H,5,15H2. The first-order chi connectivity index (χ1) is 9.51. The van der Waals surface area contributed by atoms with E-state index in [0.717, 1.165) is 5.56 Å². The number of halogens is 2. The minimum Gasteiger partial charge on any atom is -0.437 e. The number of nitro benzene ring substituents is 1. The van der Waals surface area contributed by atoms with Gasteiger partial charge in [-0.15, -0.1) is 0 Å². The van der Waals surface area contributed by atoms with Crippen molar-refractivity contribution >= 4 is 37.5 Å². The number of rotatable bonds is 4. The predicted molar refractivity (Wildman–Crippen MR) is 80.7 cm³/mol. The number of hydrogen-bond acceptors (Lipinski definition) is 5. The van der Waals surface area contributed by atoms with E-state index >= 15 is 0 Å². The highest BCUT2D eigenvalue weighted by Gasteiger charge is 2.16. The average molecular weight is 403 g/mol. The highest BCUT2D eigenvalue weighted by atomic mass is 79.9. The summed E-state index contributed by atoms with van der Waals surface area (Å²) < 4.78 is 6.53. The van der Waals surface area contributed by atoms with E-state index in [-0.39, 0.29) is 5.69 Å². The fourth-order valence-corrected chi connectivity index (χ4v) is 2.77. The zero-order chi connectivity index (χ0) is 14.7. The van der Waals surface area contributed by atoms with Crippen molar-refractivity contribution in [1.29, 1.82) is 0 Å². The minimum atomic E-state index is -0.479. The molecule has 0 aliphatic heterocycles. The van der Waals surface area contributed by atoms with Crippen LogP contribution in [0.15, 0.2) is 39.4 Å². The van der Waals surface area contributed by atoms with Crippen LogP contribution < -0.4 is 10.5 Å². The maximum atomic E-state index is 10.7. The average Bonchev–Trinajstić information content (AvgIpc) is 2.43. The first-order valence-electron chi connectivity index (χ1n) is 5.47. The Bertz CT molecular complexity index is 624. The minimum absolute atomic E-state index is 0.0393. The largest absolute Gasteiger partial charge is 0.437 e. The van der Waals surface area contributed by atoms with Gasteiger partial charge in [0.1, 0.15) is 0 Å². The molecule has 1 heterocycles. The lowest BCUT2D eigenvalue weighted by Crippen LogP contribution is -1.97. The zero-order valence-electron chi connectivity index (χ0n) is 10.0. The van der Waals surface area contributed by atoms with Crippen LogP contribution in [-0.4, -0.2) is 9.91 Å². The first-order valence-corrected chi connectivity index (χ1v) is 7.06. The van der Waals surface area contributed by atoms with Crippen LogP contribution in [-0.2, 0) is 6.54 Å². The van der Waals surface area contributed by atoms with E-state index in [9.17, 15) is 10.1 Å². The summed E-state index contributed by atoms with van der Waals surface area (Å²) in [7, 11) is 0. The molecule has 6 nitrogen and oxygen atoms in total. The number of nitro groups is 1. The highest BCUT2D eigenvalue weighted by molar-refractivity contribution is 9.11. The molecule has 0 atom stereocenters. The molecule has 2 rings (SSSR count). The van der Waals surface area contributed by atoms with Crippen molar-refractivity contribution in [1.82, 2.24) is 4.98 Å². The normalized spacial score (nSPS) is 10.3. The summed E-state index contributed by atoms with van der Waals surface area (Å²) >= 11 is 6.49. The second kappa shape index (κ2) is 6.29. The molecule has 2 N–H and O–H groups in total. The molecule has 0 amide bonds. The van der Waals surface area contributed by atoms with Gasteiger partial charge in [-0.3, -0.25) is 10.1 Å². The quantitative estimate of drug-likeness (QED) is 0.620. The molecule has 1 aromatic carbocycles. The van der Waals surface area contributed by atoms with Gasteiger partial charge in [0.2, 0.25) is 5.88 Å². The van der Waals surface area contributed by atoms with Crippen LogP contribution >= 0.6 is 31.9 Å². The van der Waals surface area contributed by atoms with E-state index in [1.54, 1.807) is 18.3 Å². The summed E-state index contributed by atoms with van der Waals surface area (Å²) in [5.74, 6) is 0.793. The van der Waals surface area contributed by atoms with Crippen molar-refractivity contribution in [3.05, 3.63) is 55.1 Å². The Morgan fingerprint density at radius 1 is 1.30 bits per heavy atom. The van der Waals surface area contributed by atoms with Crippen LogP contribution in [0, 0.1) is 10.1 Å². The van der Waals surface area contributed by atoms with Crippen molar-refractivity contribution in [3.63, 3.8) is 0 Å². The Labute approximate surface area is 131 Å². The number of hydrogen-bond donors (Lipinski definition) is 1. The fourth-order valence-electron chi connectivity index (χ4n) is 1.45. The van der Waals surface area contributed by atoms with Crippen molar-refractivity contribution in [3.8, 4) is 11.6 Å². The number of pyridine rings is 1. The molecule has 8 heteroatoms. The summed E-state index contributed by atoms with van der Waals surface area (Å²) in [6, 6.07) is 6.22. The monoisotopic (exact) mass is 401 g/mol. The van der Waals surface area contributed by atoms with Crippen molar-refractivity contribution in [2.75, 3.05) is 0 Å². The molecule has 2 aromatic rings. The maximum absolute atomic E-state index is 10.7. The van der Waals surface area contributed by atoms with Gasteiger partial charge < -0.3 is 10.5 Å². The van der Waals surface area contributed by atoms with Gasteiger partial charge in [-0.2, -0.15) is 0 Å². The lowest BCUT2D eigenvalue weighted by atomic mass is 10.3. The Kier molecular flexibility index (Phi) is 4.69. The molecule has 0 fully saturated rings. The number of ether oxygens (including phenoxy) is 1. The molecule has 0 spiro atoms. The van der Waals surface area contributed by atoms with Crippen LogP contribution in [0.4, 0.5) is 5.69 Å². The lowest BCUT2D eigenvalue weighted by molar-refractivity contribution is -0.385. The Morgan fingerprint density at radius 2 is 1.95 bits per heavy atom. The third-order valence-electron chi connectivity index (χ3n) is 2.43. The van der Waals surface area contributed by atoms with Gasteiger partial charge in [-0.25, -0.2) is 4.98 Å². The van der Waals surface area contributed by atoms with E-state index < -0.39 is 4.92 Å². The molecule has 0 saturated carbocycles. The number of nitrogens with two attached hydrogens (primary N) is 1. The summed E-state index contributed by atoms with van der Waals surface area (Å²) in [5.41, 5.74) is 6.33. The number of non-ortho nitro benzene ring substituents is 1. The zero-order valence-corrected chi connectivity index (χ0v) is 13.2. The van der Waals surface area contributed by atoms with Crippen molar-refractivity contribution < 1.29 is 9.66 Å². The van der Waals surface area contributed by atoms with Gasteiger partial charge in [0.05, 0.1) is 13.9 Å². The summed E-state index contributed by atoms with van der Waals surface area (Å²) in [5, 5.41) is 10.7. The summed E-state index contributed by atoms with van der Waals surface area (Å²) in [4.78, 5) is 14.4. The Hall–Kier alpha value is -1.51. The van der Waals surface area contributed by atoms with Crippen LogP contribution in [0.25, 0.3) is 0 Å². The fraction of sp³-hybridized carbons (Fsp3) is 0.0833. The van der Waals surface area contributed by atoms with Crippen LogP contribution in [0.1, 0.15) is 5.56 Å². The van der Waals surface area contributed by atoms with Gasteiger partial charge in [0.15, 0.2) is 5.75 Å². The van der Waals surface area contributed by atoms with Gasteiger partial charge >= 0.3 is 0 Å². The molecule has 0 radical (unpaired) electrons. The van der Waals surface area contributed by atoms with Gasteiger partial charge in [0.25, 0.3) is 5.69 Å². The second-order valence-corrected chi connectivity index (χ2v) is 5.52. The van der Waals surface area contributed by atoms with E-state index in [1.807, 2.05) is 0 Å². The van der Waals surface area contributed by atoms with E-state index in [2.05, 4.69) is 36.8 Å². The number of benzene rings is 1. The van der Waals surface area contributed by atoms with Crippen molar-refractivity contribution in [2.45, 2.75) is 6.54 Å². The molecule has 0 unspecified atom stereocenters. The predicted octanol–water partition coefficient (Wildman–Crippen LogP) is 3.77. The van der Waals surface area contributed by atoms with Gasteiger partial charge in [0, 0.05) is 30.9 Å². The van der Waals surface area contributed by atoms with Crippen LogP contribution in [0.5, 0.6) is 11.6 Å². The summed E-state index contributed by atoms with van der Waals surface area (Å²) in [6.07, 6.45) is 1.61. The SMILES string of the molecule is NCc1ccc(Oc2c(Br)cc([N+](=O)[O-])cc2Br)nc1. The van der Waals surface area contributed by atoms with Gasteiger partial charge in [-0.1, -0.05) is 6.07 Å². The van der Waals surface area contributed by atoms with E-state index in [0.29, 0.717) is 27.1 Å². The van der Waals surface area contributed by atoms with Crippen LogP contribution in [0.2, 0.25) is 0 Å². The second-order valence-electron chi connectivity index (χ2n) is 3.81.